The second-order valence-corrected chi connectivity index (χ2v) is 3.71. The van der Waals surface area contributed by atoms with E-state index in [0.717, 1.165) is 12.5 Å². The van der Waals surface area contributed by atoms with Crippen LogP contribution in [-0.2, 0) is 4.79 Å². The monoisotopic (exact) mass is 210 g/mol. The van der Waals surface area contributed by atoms with Gasteiger partial charge in [-0.1, -0.05) is 24.3 Å². The van der Waals surface area contributed by atoms with Crippen molar-refractivity contribution >= 4 is 5.97 Å². The van der Waals surface area contributed by atoms with Crippen LogP contribution in [0.15, 0.2) is 24.3 Å². The molecule has 3 N–H and O–H groups in total. The van der Waals surface area contributed by atoms with Gasteiger partial charge in [0.1, 0.15) is 6.10 Å². The predicted octanol–water partition coefficient (Wildman–Crippen LogP) is 0.864. The van der Waals surface area contributed by atoms with Gasteiger partial charge in [0, 0.05) is 0 Å². The van der Waals surface area contributed by atoms with Crippen LogP contribution in [0.2, 0.25) is 0 Å². The van der Waals surface area contributed by atoms with Crippen molar-refractivity contribution in [2.24, 2.45) is 0 Å². The van der Waals surface area contributed by atoms with Gasteiger partial charge in [-0.15, -0.1) is 0 Å². The molecule has 0 fully saturated rings. The van der Waals surface area contributed by atoms with E-state index in [1.807, 2.05) is 0 Å². The molecule has 0 bridgehead atoms. The van der Waals surface area contributed by atoms with Crippen LogP contribution in [0.3, 0.4) is 0 Å². The lowest BCUT2D eigenvalue weighted by molar-refractivity contribution is -0.169. The zero-order valence-corrected chi connectivity index (χ0v) is 8.64. The quantitative estimate of drug-likeness (QED) is 0.691. The molecule has 0 saturated carbocycles. The molecule has 1 aromatic carbocycles. The van der Waals surface area contributed by atoms with E-state index in [1.165, 1.54) is 0 Å². The first kappa shape index (κ1) is 11.7. The molecule has 4 nitrogen and oxygen atoms in total. The normalized spacial score (nSPS) is 16.8. The summed E-state index contributed by atoms with van der Waals surface area (Å²) < 4.78 is 0. The Hall–Kier alpha value is -1.39. The first-order valence-electron chi connectivity index (χ1n) is 4.56. The van der Waals surface area contributed by atoms with Crippen LogP contribution in [0.5, 0.6) is 0 Å². The minimum atomic E-state index is -2.17. The number of aryl methyl sites for hydroxylation is 1. The molecule has 0 aliphatic carbocycles. The lowest BCUT2D eigenvalue weighted by Crippen LogP contribution is -2.41. The van der Waals surface area contributed by atoms with Crippen molar-refractivity contribution in [1.29, 1.82) is 0 Å². The summed E-state index contributed by atoms with van der Waals surface area (Å²) in [5, 5.41) is 28.1. The molecule has 0 aliphatic heterocycles. The maximum Gasteiger partial charge on any atom is 0.338 e. The molecule has 4 heteroatoms. The maximum absolute atomic E-state index is 10.7. The molecular formula is C11H14O4. The minimum absolute atomic E-state index is 0.421. The summed E-state index contributed by atoms with van der Waals surface area (Å²) in [5.41, 5.74) is -1.01. The Morgan fingerprint density at radius 1 is 1.40 bits per heavy atom. The zero-order chi connectivity index (χ0) is 11.6. The third-order valence-corrected chi connectivity index (χ3v) is 2.45. The Kier molecular flexibility index (Phi) is 3.12. The fourth-order valence-corrected chi connectivity index (χ4v) is 1.31. The molecule has 0 aliphatic rings. The number of carbonyl (C=O) groups is 1. The molecule has 0 spiro atoms. The van der Waals surface area contributed by atoms with Crippen LogP contribution >= 0.6 is 0 Å². The molecule has 0 unspecified atom stereocenters. The molecule has 0 radical (unpaired) electrons. The van der Waals surface area contributed by atoms with Crippen LogP contribution in [0.25, 0.3) is 0 Å². The summed E-state index contributed by atoms with van der Waals surface area (Å²) in [6, 6.07) is 6.80. The summed E-state index contributed by atoms with van der Waals surface area (Å²) in [6.07, 6.45) is -1.43. The van der Waals surface area contributed by atoms with Gasteiger partial charge in [-0.3, -0.25) is 0 Å². The Morgan fingerprint density at radius 2 is 1.93 bits per heavy atom. The zero-order valence-electron chi connectivity index (χ0n) is 8.64. The van der Waals surface area contributed by atoms with Crippen molar-refractivity contribution in [1.82, 2.24) is 0 Å². The van der Waals surface area contributed by atoms with E-state index in [2.05, 4.69) is 0 Å². The second-order valence-electron chi connectivity index (χ2n) is 3.71. The Balaban J connectivity index is 3.10. The lowest BCUT2D eigenvalue weighted by Gasteiger charge is -2.25. The van der Waals surface area contributed by atoms with Gasteiger partial charge in [-0.2, -0.15) is 0 Å². The average molecular weight is 210 g/mol. The largest absolute Gasteiger partial charge is 0.479 e. The highest BCUT2D eigenvalue weighted by Gasteiger charge is 2.39. The van der Waals surface area contributed by atoms with Gasteiger partial charge in [0.2, 0.25) is 0 Å². The number of hydrogen-bond donors (Lipinski definition) is 3. The molecule has 2 atom stereocenters. The SMILES string of the molecule is Cc1ccccc1[C@H](O)[C@@](C)(O)C(=O)O. The van der Waals surface area contributed by atoms with E-state index in [-0.39, 0.29) is 0 Å². The van der Waals surface area contributed by atoms with Crippen LogP contribution in [0.4, 0.5) is 0 Å². The van der Waals surface area contributed by atoms with Crippen molar-refractivity contribution in [3.8, 4) is 0 Å². The van der Waals surface area contributed by atoms with Crippen molar-refractivity contribution in [3.63, 3.8) is 0 Å². The number of hydrogen-bond acceptors (Lipinski definition) is 3. The summed E-state index contributed by atoms with van der Waals surface area (Å²) in [4.78, 5) is 10.7. The predicted molar refractivity (Wildman–Crippen MR) is 54.4 cm³/mol. The molecule has 0 amide bonds. The number of aliphatic hydroxyl groups excluding tert-OH is 1. The second kappa shape index (κ2) is 4.00. The third kappa shape index (κ3) is 2.16. The topological polar surface area (TPSA) is 77.8 Å². The number of carboxylic acid groups (broad SMARTS) is 1. The van der Waals surface area contributed by atoms with Gasteiger partial charge >= 0.3 is 5.97 Å². The molecule has 0 saturated heterocycles. The third-order valence-electron chi connectivity index (χ3n) is 2.45. The fourth-order valence-electron chi connectivity index (χ4n) is 1.31. The summed E-state index contributed by atoms with van der Waals surface area (Å²) in [6.45, 7) is 2.82. The molecule has 1 aromatic rings. The van der Waals surface area contributed by atoms with Gasteiger partial charge < -0.3 is 15.3 Å². The Morgan fingerprint density at radius 3 is 2.40 bits per heavy atom. The van der Waals surface area contributed by atoms with E-state index in [1.54, 1.807) is 31.2 Å². The Labute approximate surface area is 87.8 Å². The molecule has 0 aromatic heterocycles. The molecule has 82 valence electrons. The van der Waals surface area contributed by atoms with Gasteiger partial charge in [0.25, 0.3) is 0 Å². The van der Waals surface area contributed by atoms with Crippen LogP contribution in [0.1, 0.15) is 24.2 Å². The van der Waals surface area contributed by atoms with Gasteiger partial charge in [0.15, 0.2) is 5.60 Å². The van der Waals surface area contributed by atoms with Crippen LogP contribution < -0.4 is 0 Å². The fraction of sp³-hybridized carbons (Fsp3) is 0.364. The lowest BCUT2D eigenvalue weighted by atomic mass is 9.90. The average Bonchev–Trinajstić information content (AvgIpc) is 2.17. The van der Waals surface area contributed by atoms with E-state index < -0.39 is 17.7 Å². The number of benzene rings is 1. The highest BCUT2D eigenvalue weighted by atomic mass is 16.4. The van der Waals surface area contributed by atoms with Crippen molar-refractivity contribution in [2.75, 3.05) is 0 Å². The van der Waals surface area contributed by atoms with Crippen molar-refractivity contribution in [2.45, 2.75) is 25.6 Å². The molecule has 1 rings (SSSR count). The summed E-state index contributed by atoms with van der Waals surface area (Å²) in [5.74, 6) is -1.45. The van der Waals surface area contributed by atoms with Gasteiger partial charge in [-0.25, -0.2) is 4.79 Å². The standard InChI is InChI=1S/C11H14O4/c1-7-5-3-4-6-8(7)9(12)11(2,15)10(13)14/h3-6,9,12,15H,1-2H3,(H,13,14)/t9-,11+/m0/s1. The van der Waals surface area contributed by atoms with E-state index in [9.17, 15) is 15.0 Å². The highest BCUT2D eigenvalue weighted by molar-refractivity contribution is 5.77. The first-order valence-corrected chi connectivity index (χ1v) is 4.56. The Bertz CT molecular complexity index is 371. The smallest absolute Gasteiger partial charge is 0.338 e. The van der Waals surface area contributed by atoms with E-state index >= 15 is 0 Å². The number of aliphatic hydroxyl groups is 2. The molecular weight excluding hydrogens is 196 g/mol. The van der Waals surface area contributed by atoms with Crippen molar-refractivity contribution in [3.05, 3.63) is 35.4 Å². The minimum Gasteiger partial charge on any atom is -0.479 e. The number of aliphatic carboxylic acids is 1. The molecule has 15 heavy (non-hydrogen) atoms. The summed E-state index contributed by atoms with van der Waals surface area (Å²) >= 11 is 0. The maximum atomic E-state index is 10.7. The highest BCUT2D eigenvalue weighted by Crippen LogP contribution is 2.27. The number of carboxylic acids is 1. The van der Waals surface area contributed by atoms with Crippen LogP contribution in [0, 0.1) is 6.92 Å². The first-order chi connectivity index (χ1) is 6.87. The van der Waals surface area contributed by atoms with Gasteiger partial charge in [-0.05, 0) is 25.0 Å². The van der Waals surface area contributed by atoms with Gasteiger partial charge in [0.05, 0.1) is 0 Å². The van der Waals surface area contributed by atoms with E-state index in [0.29, 0.717) is 5.56 Å². The molecule has 0 heterocycles. The summed E-state index contributed by atoms with van der Waals surface area (Å²) in [7, 11) is 0. The van der Waals surface area contributed by atoms with Crippen molar-refractivity contribution < 1.29 is 20.1 Å². The number of rotatable bonds is 3. The van der Waals surface area contributed by atoms with Crippen LogP contribution in [-0.4, -0.2) is 26.9 Å². The van der Waals surface area contributed by atoms with E-state index in [4.69, 9.17) is 5.11 Å².